The van der Waals surface area contributed by atoms with E-state index in [9.17, 15) is 4.79 Å². The lowest BCUT2D eigenvalue weighted by molar-refractivity contribution is -0.120. The second-order valence-corrected chi connectivity index (χ2v) is 4.56. The van der Waals surface area contributed by atoms with Gasteiger partial charge in [0.15, 0.2) is 0 Å². The Morgan fingerprint density at radius 3 is 2.73 bits per heavy atom. The monoisotopic (exact) mass is 268 g/mol. The summed E-state index contributed by atoms with van der Waals surface area (Å²) in [5, 5.41) is 6.05. The van der Waals surface area contributed by atoms with E-state index in [4.69, 9.17) is 0 Å². The fourth-order valence-electron chi connectivity index (χ4n) is 1.63. The molecule has 1 aromatic carbocycles. The highest BCUT2D eigenvalue weighted by Gasteiger charge is 2.22. The number of carbonyl (C=O) groups is 1. The topological polar surface area (TPSA) is 41.1 Å². The van der Waals surface area contributed by atoms with Crippen LogP contribution < -0.4 is 10.6 Å². The molecule has 0 bridgehead atoms. The fourth-order valence-corrected chi connectivity index (χ4v) is 1.90. The van der Waals surface area contributed by atoms with Crippen LogP contribution in [0.3, 0.4) is 0 Å². The van der Waals surface area contributed by atoms with Crippen molar-refractivity contribution in [1.82, 2.24) is 10.6 Å². The van der Waals surface area contributed by atoms with Gasteiger partial charge >= 0.3 is 0 Å². The van der Waals surface area contributed by atoms with Crippen LogP contribution in [0.1, 0.15) is 12.0 Å². The summed E-state index contributed by atoms with van der Waals surface area (Å²) in [5.74, 6) is 0.118. The molecule has 15 heavy (non-hydrogen) atoms. The molecule has 80 valence electrons. The van der Waals surface area contributed by atoms with Gasteiger partial charge in [0.1, 0.15) is 0 Å². The van der Waals surface area contributed by atoms with Crippen LogP contribution in [0.4, 0.5) is 0 Å². The first-order chi connectivity index (χ1) is 7.25. The van der Waals surface area contributed by atoms with Crippen LogP contribution in [0.2, 0.25) is 0 Å². The van der Waals surface area contributed by atoms with Crippen LogP contribution in [-0.2, 0) is 11.3 Å². The van der Waals surface area contributed by atoms with E-state index in [0.717, 1.165) is 24.0 Å². The molecule has 4 heteroatoms. The van der Waals surface area contributed by atoms with Gasteiger partial charge in [0.05, 0.1) is 6.04 Å². The van der Waals surface area contributed by atoms with Gasteiger partial charge in [-0.15, -0.1) is 0 Å². The maximum atomic E-state index is 11.3. The highest BCUT2D eigenvalue weighted by Crippen LogP contribution is 2.10. The molecule has 1 aromatic rings. The van der Waals surface area contributed by atoms with Crippen LogP contribution in [0.5, 0.6) is 0 Å². The number of hydrogen-bond acceptors (Lipinski definition) is 2. The number of benzene rings is 1. The number of rotatable bonds is 3. The lowest BCUT2D eigenvalue weighted by atomic mass is 10.2. The van der Waals surface area contributed by atoms with Crippen molar-refractivity contribution in [1.29, 1.82) is 0 Å². The van der Waals surface area contributed by atoms with Gasteiger partial charge in [0, 0.05) is 17.6 Å². The molecule has 1 atom stereocenters. The Bertz CT molecular complexity index is 350. The zero-order valence-corrected chi connectivity index (χ0v) is 9.88. The summed E-state index contributed by atoms with van der Waals surface area (Å²) in [5.41, 5.74) is 1.19. The van der Waals surface area contributed by atoms with Gasteiger partial charge in [-0.05, 0) is 24.1 Å². The van der Waals surface area contributed by atoms with Gasteiger partial charge in [-0.1, -0.05) is 28.1 Å². The molecule has 0 spiro atoms. The number of carbonyl (C=O) groups excluding carboxylic acids is 1. The predicted octanol–water partition coefficient (Wildman–Crippen LogP) is 1.43. The van der Waals surface area contributed by atoms with E-state index in [-0.39, 0.29) is 11.9 Å². The molecule has 1 aliphatic heterocycles. The summed E-state index contributed by atoms with van der Waals surface area (Å²) in [7, 11) is 0. The molecule has 0 saturated carbocycles. The van der Waals surface area contributed by atoms with E-state index < -0.39 is 0 Å². The van der Waals surface area contributed by atoms with Crippen molar-refractivity contribution in [3.05, 3.63) is 34.3 Å². The fraction of sp³-hybridized carbons (Fsp3) is 0.364. The van der Waals surface area contributed by atoms with Crippen molar-refractivity contribution in [3.63, 3.8) is 0 Å². The van der Waals surface area contributed by atoms with E-state index in [0.29, 0.717) is 0 Å². The zero-order valence-electron chi connectivity index (χ0n) is 8.29. The van der Waals surface area contributed by atoms with Crippen LogP contribution in [0.25, 0.3) is 0 Å². The lowest BCUT2D eigenvalue weighted by Gasteiger charge is -2.09. The average molecular weight is 269 g/mol. The zero-order chi connectivity index (χ0) is 10.7. The maximum Gasteiger partial charge on any atom is 0.237 e. The maximum absolute atomic E-state index is 11.3. The van der Waals surface area contributed by atoms with Gasteiger partial charge in [-0.25, -0.2) is 0 Å². The molecule has 0 aliphatic carbocycles. The summed E-state index contributed by atoms with van der Waals surface area (Å²) < 4.78 is 1.07. The van der Waals surface area contributed by atoms with Crippen molar-refractivity contribution in [2.75, 3.05) is 6.54 Å². The van der Waals surface area contributed by atoms with Crippen molar-refractivity contribution in [2.24, 2.45) is 0 Å². The molecule has 1 fully saturated rings. The molecular formula is C11H13BrN2O. The SMILES string of the molecule is O=C1NCC[C@H]1NCc1ccc(Br)cc1. The Labute approximate surface area is 97.4 Å². The summed E-state index contributed by atoms with van der Waals surface area (Å²) in [6.07, 6.45) is 0.884. The average Bonchev–Trinajstić information content (AvgIpc) is 2.63. The first-order valence-corrected chi connectivity index (χ1v) is 5.80. The summed E-state index contributed by atoms with van der Waals surface area (Å²) in [4.78, 5) is 11.3. The van der Waals surface area contributed by atoms with Crippen LogP contribution in [0, 0.1) is 0 Å². The smallest absolute Gasteiger partial charge is 0.237 e. The molecule has 1 heterocycles. The van der Waals surface area contributed by atoms with E-state index in [1.165, 1.54) is 5.56 Å². The number of nitrogens with one attached hydrogen (secondary N) is 2. The van der Waals surface area contributed by atoms with Crippen molar-refractivity contribution in [3.8, 4) is 0 Å². The van der Waals surface area contributed by atoms with E-state index in [2.05, 4.69) is 26.6 Å². The summed E-state index contributed by atoms with van der Waals surface area (Å²) in [6.45, 7) is 1.53. The molecule has 0 aromatic heterocycles. The molecule has 0 radical (unpaired) electrons. The third kappa shape index (κ3) is 2.79. The third-order valence-electron chi connectivity index (χ3n) is 2.51. The Balaban J connectivity index is 1.87. The van der Waals surface area contributed by atoms with Crippen LogP contribution >= 0.6 is 15.9 Å². The molecule has 2 rings (SSSR count). The largest absolute Gasteiger partial charge is 0.355 e. The summed E-state index contributed by atoms with van der Waals surface area (Å²) in [6, 6.07) is 8.08. The van der Waals surface area contributed by atoms with Crippen LogP contribution in [-0.4, -0.2) is 18.5 Å². The minimum absolute atomic E-state index is 0.0198. The molecular weight excluding hydrogens is 256 g/mol. The number of hydrogen-bond donors (Lipinski definition) is 2. The standard InChI is InChI=1S/C11H13BrN2O/c12-9-3-1-8(2-4-9)7-14-10-5-6-13-11(10)15/h1-4,10,14H,5-7H2,(H,13,15)/t10-/m1/s1. The van der Waals surface area contributed by atoms with Gasteiger partial charge in [0.2, 0.25) is 5.91 Å². The molecule has 2 N–H and O–H groups in total. The molecule has 1 aliphatic rings. The quantitative estimate of drug-likeness (QED) is 0.871. The minimum atomic E-state index is -0.0198. The van der Waals surface area contributed by atoms with Crippen molar-refractivity contribution < 1.29 is 4.79 Å². The Kier molecular flexibility index (Phi) is 3.38. The van der Waals surface area contributed by atoms with Gasteiger partial charge in [-0.2, -0.15) is 0 Å². The Morgan fingerprint density at radius 1 is 1.40 bits per heavy atom. The van der Waals surface area contributed by atoms with Crippen molar-refractivity contribution in [2.45, 2.75) is 19.0 Å². The molecule has 3 nitrogen and oxygen atoms in total. The predicted molar refractivity (Wildman–Crippen MR) is 62.4 cm³/mol. The highest BCUT2D eigenvalue weighted by atomic mass is 79.9. The van der Waals surface area contributed by atoms with Crippen molar-refractivity contribution >= 4 is 21.8 Å². The van der Waals surface area contributed by atoms with E-state index >= 15 is 0 Å². The van der Waals surface area contributed by atoms with Gasteiger partial charge < -0.3 is 10.6 Å². The van der Waals surface area contributed by atoms with Gasteiger partial charge in [-0.3, -0.25) is 4.79 Å². The number of amides is 1. The molecule has 0 unspecified atom stereocenters. The van der Waals surface area contributed by atoms with E-state index in [1.807, 2.05) is 24.3 Å². The van der Waals surface area contributed by atoms with E-state index in [1.54, 1.807) is 0 Å². The highest BCUT2D eigenvalue weighted by molar-refractivity contribution is 9.10. The Morgan fingerprint density at radius 2 is 2.13 bits per heavy atom. The first-order valence-electron chi connectivity index (χ1n) is 5.01. The van der Waals surface area contributed by atoms with Gasteiger partial charge in [0.25, 0.3) is 0 Å². The summed E-state index contributed by atoms with van der Waals surface area (Å²) >= 11 is 3.39. The second kappa shape index (κ2) is 4.77. The Hall–Kier alpha value is -0.870. The normalized spacial score (nSPS) is 20.3. The second-order valence-electron chi connectivity index (χ2n) is 3.64. The minimum Gasteiger partial charge on any atom is -0.355 e. The lowest BCUT2D eigenvalue weighted by Crippen LogP contribution is -2.35. The third-order valence-corrected chi connectivity index (χ3v) is 3.04. The molecule has 1 saturated heterocycles. The molecule has 1 amide bonds. The first kappa shape index (κ1) is 10.6. The number of halogens is 1. The van der Waals surface area contributed by atoms with Crippen LogP contribution in [0.15, 0.2) is 28.7 Å².